The first-order valence-electron chi connectivity index (χ1n) is 12.4. The number of sulfonamides is 1. The summed E-state index contributed by atoms with van der Waals surface area (Å²) in [6.07, 6.45) is 3.54. The molecule has 194 valence electrons. The summed E-state index contributed by atoms with van der Waals surface area (Å²) in [5.74, 6) is 0.910. The van der Waals surface area contributed by atoms with E-state index in [-0.39, 0.29) is 10.8 Å². The summed E-state index contributed by atoms with van der Waals surface area (Å²) in [5, 5.41) is 3.61. The van der Waals surface area contributed by atoms with Gasteiger partial charge >= 0.3 is 0 Å². The summed E-state index contributed by atoms with van der Waals surface area (Å²) in [7, 11) is -2.15. The fraction of sp³-hybridized carbons (Fsp3) is 0.207. The molecule has 1 aliphatic rings. The van der Waals surface area contributed by atoms with Crippen molar-refractivity contribution in [3.05, 3.63) is 84.4 Å². The molecule has 0 aliphatic carbocycles. The van der Waals surface area contributed by atoms with Gasteiger partial charge in [0.15, 0.2) is 0 Å². The molecule has 4 aromatic rings. The SMILES string of the molecule is COc1ccc(-c2cc(C(=O)Nc3ccc(S(=O)(=O)NC4=NCCCCC4)cc3)c3ccccc3n2)cc1. The maximum atomic E-state index is 13.4. The van der Waals surface area contributed by atoms with Gasteiger partial charge in [-0.3, -0.25) is 14.5 Å². The highest BCUT2D eigenvalue weighted by atomic mass is 32.2. The van der Waals surface area contributed by atoms with Crippen molar-refractivity contribution in [1.82, 2.24) is 9.71 Å². The number of pyridine rings is 1. The van der Waals surface area contributed by atoms with E-state index in [0.29, 0.717) is 41.3 Å². The lowest BCUT2D eigenvalue weighted by atomic mass is 10.0. The molecule has 2 N–H and O–H groups in total. The number of hydrogen-bond donors (Lipinski definition) is 2. The number of amidine groups is 1. The quantitative estimate of drug-likeness (QED) is 0.348. The van der Waals surface area contributed by atoms with Gasteiger partial charge in [0, 0.05) is 29.6 Å². The van der Waals surface area contributed by atoms with E-state index in [1.165, 1.54) is 12.1 Å². The third kappa shape index (κ3) is 5.68. The number of carbonyl (C=O) groups excluding carboxylic acids is 1. The first-order chi connectivity index (χ1) is 18.4. The number of aliphatic imine (C=N–C) groups is 1. The molecule has 0 fully saturated rings. The van der Waals surface area contributed by atoms with E-state index < -0.39 is 10.0 Å². The summed E-state index contributed by atoms with van der Waals surface area (Å²) in [5.41, 5.74) is 3.15. The Kier molecular flexibility index (Phi) is 7.37. The van der Waals surface area contributed by atoms with Crippen LogP contribution in [-0.4, -0.2) is 38.8 Å². The fourth-order valence-corrected chi connectivity index (χ4v) is 5.45. The second kappa shape index (κ2) is 11.0. The number of methoxy groups -OCH3 is 1. The molecule has 3 aromatic carbocycles. The van der Waals surface area contributed by atoms with E-state index in [1.54, 1.807) is 25.3 Å². The van der Waals surface area contributed by atoms with E-state index in [9.17, 15) is 13.2 Å². The number of carbonyl (C=O) groups is 1. The molecule has 8 nitrogen and oxygen atoms in total. The van der Waals surface area contributed by atoms with E-state index in [4.69, 9.17) is 9.72 Å². The van der Waals surface area contributed by atoms with Gasteiger partial charge in [0.05, 0.1) is 28.8 Å². The van der Waals surface area contributed by atoms with Crippen LogP contribution in [-0.2, 0) is 10.0 Å². The highest BCUT2D eigenvalue weighted by Crippen LogP contribution is 2.27. The minimum absolute atomic E-state index is 0.110. The van der Waals surface area contributed by atoms with Gasteiger partial charge in [-0.05, 0) is 73.5 Å². The van der Waals surface area contributed by atoms with Gasteiger partial charge in [0.1, 0.15) is 11.6 Å². The van der Waals surface area contributed by atoms with Gasteiger partial charge in [-0.25, -0.2) is 13.4 Å². The third-order valence-corrected chi connectivity index (χ3v) is 7.79. The maximum absolute atomic E-state index is 13.4. The second-order valence-electron chi connectivity index (χ2n) is 9.02. The number of ether oxygens (including phenoxy) is 1. The Hall–Kier alpha value is -4.24. The molecule has 0 saturated heterocycles. The highest BCUT2D eigenvalue weighted by molar-refractivity contribution is 7.90. The lowest BCUT2D eigenvalue weighted by Gasteiger charge is -2.12. The molecule has 0 spiro atoms. The average molecular weight is 529 g/mol. The molecule has 2 heterocycles. The van der Waals surface area contributed by atoms with Gasteiger partial charge in [-0.1, -0.05) is 24.6 Å². The number of para-hydroxylation sites is 1. The van der Waals surface area contributed by atoms with Gasteiger partial charge < -0.3 is 10.1 Å². The Balaban J connectivity index is 1.38. The van der Waals surface area contributed by atoms with Crippen LogP contribution in [0.4, 0.5) is 5.69 Å². The number of benzene rings is 3. The third-order valence-electron chi connectivity index (χ3n) is 6.40. The van der Waals surface area contributed by atoms with Crippen LogP contribution in [0.1, 0.15) is 36.0 Å². The second-order valence-corrected chi connectivity index (χ2v) is 10.7. The Morgan fingerprint density at radius 1 is 0.921 bits per heavy atom. The lowest BCUT2D eigenvalue weighted by Crippen LogP contribution is -2.30. The molecule has 0 unspecified atom stereocenters. The van der Waals surface area contributed by atoms with Crippen molar-refractivity contribution < 1.29 is 17.9 Å². The molecule has 0 radical (unpaired) electrons. The number of hydrogen-bond acceptors (Lipinski definition) is 6. The monoisotopic (exact) mass is 528 g/mol. The molecule has 5 rings (SSSR count). The molecular weight excluding hydrogens is 500 g/mol. The van der Waals surface area contributed by atoms with Crippen LogP contribution in [0.5, 0.6) is 5.75 Å². The first kappa shape index (κ1) is 25.4. The van der Waals surface area contributed by atoms with E-state index in [1.807, 2.05) is 48.5 Å². The predicted octanol–water partition coefficient (Wildman–Crippen LogP) is 5.41. The zero-order chi connectivity index (χ0) is 26.5. The lowest BCUT2D eigenvalue weighted by molar-refractivity contribution is 0.102. The molecule has 9 heteroatoms. The summed E-state index contributed by atoms with van der Waals surface area (Å²) in [6.45, 7) is 0.632. The van der Waals surface area contributed by atoms with Gasteiger partial charge in [-0.2, -0.15) is 0 Å². The Morgan fingerprint density at radius 2 is 1.68 bits per heavy atom. The summed E-state index contributed by atoms with van der Waals surface area (Å²) in [4.78, 5) is 22.6. The Bertz CT molecular complexity index is 1600. The first-order valence-corrected chi connectivity index (χ1v) is 13.9. The highest BCUT2D eigenvalue weighted by Gasteiger charge is 2.18. The van der Waals surface area contributed by atoms with Crippen LogP contribution in [0, 0.1) is 0 Å². The number of nitrogens with one attached hydrogen (secondary N) is 2. The molecule has 0 saturated carbocycles. The number of nitrogens with zero attached hydrogens (tertiary/aromatic N) is 2. The molecule has 0 atom stereocenters. The molecular formula is C29H28N4O4S. The smallest absolute Gasteiger partial charge is 0.262 e. The largest absolute Gasteiger partial charge is 0.497 e. The van der Waals surface area contributed by atoms with Crippen molar-refractivity contribution >= 4 is 38.4 Å². The summed E-state index contributed by atoms with van der Waals surface area (Å²) < 4.78 is 33.5. The number of anilines is 1. The molecule has 0 bridgehead atoms. The number of amides is 1. The fourth-order valence-electron chi connectivity index (χ4n) is 4.36. The molecule has 1 aromatic heterocycles. The molecule has 1 amide bonds. The number of rotatable bonds is 6. The van der Waals surface area contributed by atoms with Crippen LogP contribution in [0.2, 0.25) is 0 Å². The van der Waals surface area contributed by atoms with Crippen molar-refractivity contribution in [1.29, 1.82) is 0 Å². The Labute approximate surface area is 221 Å². The Morgan fingerprint density at radius 3 is 2.45 bits per heavy atom. The van der Waals surface area contributed by atoms with Crippen LogP contribution < -0.4 is 14.8 Å². The van der Waals surface area contributed by atoms with Crippen molar-refractivity contribution in [2.24, 2.45) is 4.99 Å². The van der Waals surface area contributed by atoms with Crippen LogP contribution >= 0.6 is 0 Å². The minimum Gasteiger partial charge on any atom is -0.497 e. The van der Waals surface area contributed by atoms with Crippen molar-refractivity contribution in [2.45, 2.75) is 30.6 Å². The molecule has 38 heavy (non-hydrogen) atoms. The predicted molar refractivity (Wildman–Crippen MR) is 149 cm³/mol. The van der Waals surface area contributed by atoms with Gasteiger partial charge in [-0.15, -0.1) is 0 Å². The molecule has 1 aliphatic heterocycles. The minimum atomic E-state index is -3.75. The van der Waals surface area contributed by atoms with Crippen molar-refractivity contribution in [3.8, 4) is 17.0 Å². The average Bonchev–Trinajstić information content (AvgIpc) is 3.21. The zero-order valence-electron chi connectivity index (χ0n) is 21.0. The van der Waals surface area contributed by atoms with Crippen LogP contribution in [0.15, 0.2) is 88.8 Å². The summed E-state index contributed by atoms with van der Waals surface area (Å²) in [6, 6.07) is 22.8. The number of aromatic nitrogens is 1. The maximum Gasteiger partial charge on any atom is 0.262 e. The summed E-state index contributed by atoms with van der Waals surface area (Å²) >= 11 is 0. The van der Waals surface area contributed by atoms with Crippen molar-refractivity contribution in [2.75, 3.05) is 19.0 Å². The topological polar surface area (TPSA) is 110 Å². The van der Waals surface area contributed by atoms with Gasteiger partial charge in [0.25, 0.3) is 15.9 Å². The van der Waals surface area contributed by atoms with E-state index in [2.05, 4.69) is 15.0 Å². The van der Waals surface area contributed by atoms with E-state index in [0.717, 1.165) is 36.0 Å². The van der Waals surface area contributed by atoms with E-state index >= 15 is 0 Å². The zero-order valence-corrected chi connectivity index (χ0v) is 21.8. The standard InChI is InChI=1S/C29H28N4O4S/c1-37-22-14-10-20(11-15-22)27-19-25(24-7-4-5-8-26(24)32-27)29(34)31-21-12-16-23(17-13-21)38(35,36)33-28-9-3-2-6-18-30-28/h4-5,7-8,10-17,19H,2-3,6,9,18H2,1H3,(H,30,33)(H,31,34). The number of fused-ring (bicyclic) bond motifs is 1. The van der Waals surface area contributed by atoms with Gasteiger partial charge in [0.2, 0.25) is 0 Å². The van der Waals surface area contributed by atoms with Crippen LogP contribution in [0.25, 0.3) is 22.2 Å². The van der Waals surface area contributed by atoms with Crippen LogP contribution in [0.3, 0.4) is 0 Å². The normalized spacial score (nSPS) is 13.9. The van der Waals surface area contributed by atoms with Crippen molar-refractivity contribution in [3.63, 3.8) is 0 Å².